The third-order valence-corrected chi connectivity index (χ3v) is 4.38. The fourth-order valence-electron chi connectivity index (χ4n) is 2.76. The molecule has 2 aromatic rings. The number of methoxy groups -OCH3 is 1. The Morgan fingerprint density at radius 2 is 2.21 bits per heavy atom. The lowest BCUT2D eigenvalue weighted by Crippen LogP contribution is -2.38. The van der Waals surface area contributed by atoms with Gasteiger partial charge in [0.25, 0.3) is 0 Å². The average molecular weight is 329 g/mol. The lowest BCUT2D eigenvalue weighted by atomic mass is 10.1. The Kier molecular flexibility index (Phi) is 5.52. The molecule has 0 saturated heterocycles. The van der Waals surface area contributed by atoms with Crippen LogP contribution in [0.5, 0.6) is 0 Å². The van der Waals surface area contributed by atoms with Crippen molar-refractivity contribution in [3.8, 4) is 6.07 Å². The number of amides is 1. The second kappa shape index (κ2) is 7.41. The summed E-state index contributed by atoms with van der Waals surface area (Å²) in [6, 6.07) is 2.13. The molecule has 0 aliphatic rings. The maximum Gasteiger partial charge on any atom is 0.222 e. The molecule has 128 valence electrons. The standard InChI is InChI=1S/C17H23N5O2/c1-11(10-24-5)21(4)16(23)7-6-15-12(2)20-17-14(8-18)9-19-22(17)13(15)3/h9,11H,6-7,10H2,1-5H3/t11-/m1/s1. The van der Waals surface area contributed by atoms with E-state index in [1.165, 1.54) is 6.20 Å². The smallest absolute Gasteiger partial charge is 0.222 e. The number of carbonyl (C=O) groups is 1. The topological polar surface area (TPSA) is 83.5 Å². The quantitative estimate of drug-likeness (QED) is 0.804. The van der Waals surface area contributed by atoms with Gasteiger partial charge in [-0.2, -0.15) is 10.4 Å². The van der Waals surface area contributed by atoms with Crippen molar-refractivity contribution in [1.29, 1.82) is 5.26 Å². The number of rotatable bonds is 6. The Hall–Kier alpha value is -2.46. The monoisotopic (exact) mass is 329 g/mol. The highest BCUT2D eigenvalue weighted by Gasteiger charge is 2.18. The summed E-state index contributed by atoms with van der Waals surface area (Å²) in [5.41, 5.74) is 3.76. The van der Waals surface area contributed by atoms with Gasteiger partial charge in [0, 0.05) is 32.0 Å². The van der Waals surface area contributed by atoms with Crippen LogP contribution in [0.2, 0.25) is 0 Å². The zero-order chi connectivity index (χ0) is 17.9. The lowest BCUT2D eigenvalue weighted by molar-refractivity contribution is -0.132. The van der Waals surface area contributed by atoms with Crippen LogP contribution < -0.4 is 0 Å². The van der Waals surface area contributed by atoms with Crippen molar-refractivity contribution in [1.82, 2.24) is 19.5 Å². The van der Waals surface area contributed by atoms with Crippen LogP contribution in [0.25, 0.3) is 5.65 Å². The van der Waals surface area contributed by atoms with Crippen LogP contribution in [0.3, 0.4) is 0 Å². The van der Waals surface area contributed by atoms with E-state index in [4.69, 9.17) is 10.00 Å². The number of aromatic nitrogens is 3. The van der Waals surface area contributed by atoms with Gasteiger partial charge in [0.2, 0.25) is 5.91 Å². The number of nitriles is 1. The molecule has 2 aromatic heterocycles. The Morgan fingerprint density at radius 3 is 2.83 bits per heavy atom. The van der Waals surface area contributed by atoms with Gasteiger partial charge in [-0.25, -0.2) is 9.50 Å². The molecule has 2 heterocycles. The van der Waals surface area contributed by atoms with Gasteiger partial charge < -0.3 is 9.64 Å². The molecule has 24 heavy (non-hydrogen) atoms. The molecule has 0 fully saturated rings. The summed E-state index contributed by atoms with van der Waals surface area (Å²) in [5.74, 6) is 0.0663. The molecule has 7 heteroatoms. The van der Waals surface area contributed by atoms with Crippen molar-refractivity contribution in [2.45, 2.75) is 39.7 Å². The minimum Gasteiger partial charge on any atom is -0.383 e. The molecule has 1 amide bonds. The van der Waals surface area contributed by atoms with E-state index in [-0.39, 0.29) is 11.9 Å². The van der Waals surface area contributed by atoms with Gasteiger partial charge in [0.1, 0.15) is 11.6 Å². The minimum absolute atomic E-state index is 0.0367. The molecule has 0 saturated carbocycles. The van der Waals surface area contributed by atoms with Crippen molar-refractivity contribution in [2.24, 2.45) is 0 Å². The van der Waals surface area contributed by atoms with E-state index in [2.05, 4.69) is 16.2 Å². The van der Waals surface area contributed by atoms with Crippen molar-refractivity contribution < 1.29 is 9.53 Å². The second-order valence-corrected chi connectivity index (χ2v) is 5.98. The summed E-state index contributed by atoms with van der Waals surface area (Å²) < 4.78 is 6.76. The van der Waals surface area contributed by atoms with Crippen molar-refractivity contribution in [2.75, 3.05) is 20.8 Å². The molecule has 0 unspecified atom stereocenters. The van der Waals surface area contributed by atoms with E-state index in [1.807, 2.05) is 20.8 Å². The summed E-state index contributed by atoms with van der Waals surface area (Å²) in [6.07, 6.45) is 2.50. The first kappa shape index (κ1) is 17.9. The molecule has 0 N–H and O–H groups in total. The third-order valence-electron chi connectivity index (χ3n) is 4.38. The summed E-state index contributed by atoms with van der Waals surface area (Å²) in [6.45, 7) is 6.31. The van der Waals surface area contributed by atoms with Gasteiger partial charge in [0.05, 0.1) is 18.8 Å². The molecule has 0 spiro atoms. The largest absolute Gasteiger partial charge is 0.383 e. The van der Waals surface area contributed by atoms with Crippen LogP contribution in [0, 0.1) is 25.2 Å². The fourth-order valence-corrected chi connectivity index (χ4v) is 2.76. The summed E-state index contributed by atoms with van der Waals surface area (Å²) in [7, 11) is 3.42. The molecule has 0 aromatic carbocycles. The number of ether oxygens (including phenoxy) is 1. The fraction of sp³-hybridized carbons (Fsp3) is 0.529. The van der Waals surface area contributed by atoms with E-state index in [0.717, 1.165) is 17.0 Å². The Balaban J connectivity index is 2.19. The van der Waals surface area contributed by atoms with E-state index in [0.29, 0.717) is 30.7 Å². The van der Waals surface area contributed by atoms with Gasteiger partial charge in [-0.3, -0.25) is 4.79 Å². The lowest BCUT2D eigenvalue weighted by Gasteiger charge is -2.24. The highest BCUT2D eigenvalue weighted by Crippen LogP contribution is 2.18. The van der Waals surface area contributed by atoms with Gasteiger partial charge in [-0.1, -0.05) is 0 Å². The van der Waals surface area contributed by atoms with Gasteiger partial charge in [-0.15, -0.1) is 0 Å². The zero-order valence-electron chi connectivity index (χ0n) is 14.8. The molecule has 7 nitrogen and oxygen atoms in total. The minimum atomic E-state index is 0.0367. The van der Waals surface area contributed by atoms with E-state index < -0.39 is 0 Å². The molecule has 0 aliphatic heterocycles. The average Bonchev–Trinajstić information content (AvgIpc) is 2.96. The molecule has 0 radical (unpaired) electrons. The van der Waals surface area contributed by atoms with Gasteiger partial charge in [0.15, 0.2) is 5.65 Å². The maximum absolute atomic E-state index is 12.4. The van der Waals surface area contributed by atoms with Crippen LogP contribution in [0.4, 0.5) is 0 Å². The van der Waals surface area contributed by atoms with Crippen molar-refractivity contribution >= 4 is 11.6 Å². The van der Waals surface area contributed by atoms with Gasteiger partial charge >= 0.3 is 0 Å². The first-order valence-corrected chi connectivity index (χ1v) is 7.89. The molecular weight excluding hydrogens is 306 g/mol. The normalized spacial score (nSPS) is 12.2. The zero-order valence-corrected chi connectivity index (χ0v) is 14.8. The number of hydrogen-bond donors (Lipinski definition) is 0. The number of fused-ring (bicyclic) bond motifs is 1. The highest BCUT2D eigenvalue weighted by molar-refractivity contribution is 5.76. The maximum atomic E-state index is 12.4. The third kappa shape index (κ3) is 3.39. The van der Waals surface area contributed by atoms with Crippen molar-refractivity contribution in [3.05, 3.63) is 28.7 Å². The van der Waals surface area contributed by atoms with Crippen LogP contribution in [0.15, 0.2) is 6.20 Å². The first-order chi connectivity index (χ1) is 11.4. The number of hydrogen-bond acceptors (Lipinski definition) is 5. The predicted molar refractivity (Wildman–Crippen MR) is 89.6 cm³/mol. The Bertz CT molecular complexity index is 790. The number of likely N-dealkylation sites (N-methyl/N-ethyl adjacent to an activating group) is 1. The SMILES string of the molecule is COC[C@@H](C)N(C)C(=O)CCc1c(C)nc2c(C#N)cnn2c1C. The molecule has 1 atom stereocenters. The first-order valence-electron chi connectivity index (χ1n) is 7.89. The number of nitrogens with zero attached hydrogens (tertiary/aromatic N) is 5. The van der Waals surface area contributed by atoms with Crippen LogP contribution in [-0.2, 0) is 16.0 Å². The van der Waals surface area contributed by atoms with E-state index >= 15 is 0 Å². The predicted octanol–water partition coefficient (Wildman–Crippen LogP) is 1.64. The van der Waals surface area contributed by atoms with Crippen LogP contribution >= 0.6 is 0 Å². The molecule has 0 aliphatic carbocycles. The van der Waals surface area contributed by atoms with Gasteiger partial charge in [-0.05, 0) is 32.8 Å². The highest BCUT2D eigenvalue weighted by atomic mass is 16.5. The van der Waals surface area contributed by atoms with Crippen LogP contribution in [0.1, 0.15) is 35.9 Å². The molecule has 2 rings (SSSR count). The van der Waals surface area contributed by atoms with E-state index in [1.54, 1.807) is 23.6 Å². The molecule has 0 bridgehead atoms. The number of carbonyl (C=O) groups excluding carboxylic acids is 1. The Morgan fingerprint density at radius 1 is 1.50 bits per heavy atom. The molecular formula is C17H23N5O2. The summed E-state index contributed by atoms with van der Waals surface area (Å²) >= 11 is 0. The van der Waals surface area contributed by atoms with E-state index in [9.17, 15) is 4.79 Å². The Labute approximate surface area is 141 Å². The van der Waals surface area contributed by atoms with Crippen LogP contribution in [-0.4, -0.2) is 52.2 Å². The second-order valence-electron chi connectivity index (χ2n) is 5.98. The summed E-state index contributed by atoms with van der Waals surface area (Å²) in [4.78, 5) is 18.6. The summed E-state index contributed by atoms with van der Waals surface area (Å²) in [5, 5.41) is 13.3. The number of aryl methyl sites for hydroxylation is 2. The van der Waals surface area contributed by atoms with Crippen molar-refractivity contribution in [3.63, 3.8) is 0 Å².